The highest BCUT2D eigenvalue weighted by atomic mass is 32.1. The Morgan fingerprint density at radius 2 is 2.11 bits per heavy atom. The van der Waals surface area contributed by atoms with Crippen molar-refractivity contribution in [3.63, 3.8) is 0 Å². The highest BCUT2D eigenvalue weighted by Gasteiger charge is 2.05. The molecule has 0 unspecified atom stereocenters. The van der Waals surface area contributed by atoms with Crippen LogP contribution in [0.25, 0.3) is 0 Å². The van der Waals surface area contributed by atoms with E-state index >= 15 is 0 Å². The molecule has 0 saturated carbocycles. The molecule has 2 nitrogen and oxygen atoms in total. The average Bonchev–Trinajstić information content (AvgIpc) is 2.83. The second kappa shape index (κ2) is 6.26. The van der Waals surface area contributed by atoms with Crippen molar-refractivity contribution in [1.82, 2.24) is 10.3 Å². The minimum atomic E-state index is -0.143. The molecular formula is C15H19FN2S. The SMILES string of the molecule is Cc1ccc(CNCc2csc(C(C)C)n2)cc1F. The van der Waals surface area contributed by atoms with Crippen molar-refractivity contribution in [2.45, 2.75) is 39.8 Å². The molecule has 4 heteroatoms. The molecule has 0 fully saturated rings. The maximum atomic E-state index is 13.4. The fourth-order valence-electron chi connectivity index (χ4n) is 1.75. The zero-order chi connectivity index (χ0) is 13.8. The van der Waals surface area contributed by atoms with E-state index in [4.69, 9.17) is 0 Å². The van der Waals surface area contributed by atoms with E-state index in [1.54, 1.807) is 24.3 Å². The lowest BCUT2D eigenvalue weighted by Gasteiger charge is -2.05. The summed E-state index contributed by atoms with van der Waals surface area (Å²) in [4.78, 5) is 4.55. The molecule has 2 rings (SSSR count). The van der Waals surface area contributed by atoms with E-state index in [-0.39, 0.29) is 5.82 Å². The van der Waals surface area contributed by atoms with Gasteiger partial charge >= 0.3 is 0 Å². The van der Waals surface area contributed by atoms with Gasteiger partial charge in [0, 0.05) is 24.4 Å². The summed E-state index contributed by atoms with van der Waals surface area (Å²) in [5.74, 6) is 0.333. The standard InChI is InChI=1S/C15H19FN2S/c1-10(2)15-18-13(9-19-15)8-17-7-12-5-4-11(3)14(16)6-12/h4-6,9-10,17H,7-8H2,1-3H3. The Labute approximate surface area is 117 Å². The van der Waals surface area contributed by atoms with Crippen molar-refractivity contribution in [3.05, 3.63) is 51.2 Å². The van der Waals surface area contributed by atoms with Gasteiger partial charge in [-0.2, -0.15) is 0 Å². The van der Waals surface area contributed by atoms with Crippen LogP contribution in [0, 0.1) is 12.7 Å². The number of rotatable bonds is 5. The molecule has 0 aliphatic carbocycles. The number of nitrogens with one attached hydrogen (secondary N) is 1. The summed E-state index contributed by atoms with van der Waals surface area (Å²) in [5.41, 5.74) is 2.70. The normalized spacial score (nSPS) is 11.2. The van der Waals surface area contributed by atoms with Gasteiger partial charge in [0.1, 0.15) is 5.82 Å². The Hall–Kier alpha value is -1.26. The van der Waals surface area contributed by atoms with E-state index < -0.39 is 0 Å². The van der Waals surface area contributed by atoms with Gasteiger partial charge in [-0.25, -0.2) is 9.37 Å². The maximum Gasteiger partial charge on any atom is 0.126 e. The molecule has 1 heterocycles. The molecule has 0 aliphatic rings. The zero-order valence-electron chi connectivity index (χ0n) is 11.5. The summed E-state index contributed by atoms with van der Waals surface area (Å²) < 4.78 is 13.4. The van der Waals surface area contributed by atoms with Crippen molar-refractivity contribution in [1.29, 1.82) is 0 Å². The first-order chi connectivity index (χ1) is 9.06. The van der Waals surface area contributed by atoms with Gasteiger partial charge in [-0.1, -0.05) is 26.0 Å². The number of benzene rings is 1. The fourth-order valence-corrected chi connectivity index (χ4v) is 2.59. The molecule has 0 spiro atoms. The number of halogens is 1. The predicted octanol–water partition coefficient (Wildman–Crippen LogP) is 4.00. The summed E-state index contributed by atoms with van der Waals surface area (Å²) in [6.07, 6.45) is 0. The van der Waals surface area contributed by atoms with Crippen LogP contribution in [0.2, 0.25) is 0 Å². The number of thiazole rings is 1. The molecule has 0 saturated heterocycles. The molecule has 1 aromatic carbocycles. The molecule has 0 amide bonds. The summed E-state index contributed by atoms with van der Waals surface area (Å²) >= 11 is 1.70. The van der Waals surface area contributed by atoms with E-state index in [2.05, 4.69) is 29.5 Å². The van der Waals surface area contributed by atoms with Crippen molar-refractivity contribution in [2.75, 3.05) is 0 Å². The topological polar surface area (TPSA) is 24.9 Å². The maximum absolute atomic E-state index is 13.4. The highest BCUT2D eigenvalue weighted by molar-refractivity contribution is 7.09. The summed E-state index contributed by atoms with van der Waals surface area (Å²) in [6, 6.07) is 5.35. The van der Waals surface area contributed by atoms with Crippen molar-refractivity contribution < 1.29 is 4.39 Å². The van der Waals surface area contributed by atoms with Crippen LogP contribution in [-0.2, 0) is 13.1 Å². The minimum absolute atomic E-state index is 0.143. The Morgan fingerprint density at radius 3 is 2.74 bits per heavy atom. The van der Waals surface area contributed by atoms with E-state index in [0.717, 1.165) is 22.8 Å². The molecule has 0 radical (unpaired) electrons. The van der Waals surface area contributed by atoms with Crippen LogP contribution < -0.4 is 5.32 Å². The predicted molar refractivity (Wildman–Crippen MR) is 77.9 cm³/mol. The van der Waals surface area contributed by atoms with Gasteiger partial charge in [0.2, 0.25) is 0 Å². The third-order valence-corrected chi connectivity index (χ3v) is 4.13. The van der Waals surface area contributed by atoms with Gasteiger partial charge in [-0.05, 0) is 24.1 Å². The number of hydrogen-bond donors (Lipinski definition) is 1. The third-order valence-electron chi connectivity index (χ3n) is 2.93. The summed E-state index contributed by atoms with van der Waals surface area (Å²) in [5, 5.41) is 6.54. The van der Waals surface area contributed by atoms with Crippen molar-refractivity contribution >= 4 is 11.3 Å². The summed E-state index contributed by atoms with van der Waals surface area (Å²) in [7, 11) is 0. The van der Waals surface area contributed by atoms with Crippen LogP contribution in [0.4, 0.5) is 4.39 Å². The van der Waals surface area contributed by atoms with E-state index in [9.17, 15) is 4.39 Å². The first kappa shape index (κ1) is 14.2. The van der Waals surface area contributed by atoms with Gasteiger partial charge < -0.3 is 5.32 Å². The fraction of sp³-hybridized carbons (Fsp3) is 0.400. The van der Waals surface area contributed by atoms with E-state index in [1.165, 1.54) is 0 Å². The van der Waals surface area contributed by atoms with Crippen LogP contribution in [-0.4, -0.2) is 4.98 Å². The Bertz CT molecular complexity index is 549. The highest BCUT2D eigenvalue weighted by Crippen LogP contribution is 2.19. The number of hydrogen-bond acceptors (Lipinski definition) is 3. The molecule has 0 bridgehead atoms. The molecule has 19 heavy (non-hydrogen) atoms. The molecular weight excluding hydrogens is 259 g/mol. The van der Waals surface area contributed by atoms with Crippen molar-refractivity contribution in [3.8, 4) is 0 Å². The average molecular weight is 278 g/mol. The smallest absolute Gasteiger partial charge is 0.126 e. The van der Waals surface area contributed by atoms with Gasteiger partial charge in [-0.3, -0.25) is 0 Å². The van der Waals surface area contributed by atoms with Crippen LogP contribution in [0.15, 0.2) is 23.6 Å². The lowest BCUT2D eigenvalue weighted by atomic mass is 10.1. The molecule has 1 N–H and O–H groups in total. The third kappa shape index (κ3) is 3.85. The number of nitrogens with zero attached hydrogens (tertiary/aromatic N) is 1. The van der Waals surface area contributed by atoms with Crippen LogP contribution in [0.1, 0.15) is 41.6 Å². The Kier molecular flexibility index (Phi) is 4.66. The Morgan fingerprint density at radius 1 is 1.32 bits per heavy atom. The second-order valence-corrected chi connectivity index (χ2v) is 5.91. The first-order valence-corrected chi connectivity index (χ1v) is 7.34. The van der Waals surface area contributed by atoms with Crippen LogP contribution >= 0.6 is 11.3 Å². The Balaban J connectivity index is 1.87. The van der Waals surface area contributed by atoms with Gasteiger partial charge in [0.25, 0.3) is 0 Å². The van der Waals surface area contributed by atoms with Crippen LogP contribution in [0.3, 0.4) is 0 Å². The molecule has 0 atom stereocenters. The lowest BCUT2D eigenvalue weighted by Crippen LogP contribution is -2.13. The quantitative estimate of drug-likeness (QED) is 0.894. The minimum Gasteiger partial charge on any atom is -0.307 e. The van der Waals surface area contributed by atoms with Gasteiger partial charge in [0.15, 0.2) is 0 Å². The molecule has 2 aromatic rings. The molecule has 1 aromatic heterocycles. The second-order valence-electron chi connectivity index (χ2n) is 5.02. The molecule has 0 aliphatic heterocycles. The largest absolute Gasteiger partial charge is 0.307 e. The van der Waals surface area contributed by atoms with E-state index in [1.807, 2.05) is 12.1 Å². The monoisotopic (exact) mass is 278 g/mol. The van der Waals surface area contributed by atoms with Gasteiger partial charge in [-0.15, -0.1) is 11.3 Å². The summed E-state index contributed by atoms with van der Waals surface area (Å²) in [6.45, 7) is 7.44. The van der Waals surface area contributed by atoms with Crippen LogP contribution in [0.5, 0.6) is 0 Å². The van der Waals surface area contributed by atoms with Crippen molar-refractivity contribution in [2.24, 2.45) is 0 Å². The lowest BCUT2D eigenvalue weighted by molar-refractivity contribution is 0.610. The first-order valence-electron chi connectivity index (χ1n) is 6.46. The number of aromatic nitrogens is 1. The zero-order valence-corrected chi connectivity index (χ0v) is 12.4. The van der Waals surface area contributed by atoms with Gasteiger partial charge in [0.05, 0.1) is 10.7 Å². The number of aryl methyl sites for hydroxylation is 1. The molecule has 102 valence electrons. The van der Waals surface area contributed by atoms with E-state index in [0.29, 0.717) is 18.0 Å².